The third-order valence-electron chi connectivity index (χ3n) is 2.41. The number of hydrogen-bond donors (Lipinski definition) is 2. The summed E-state index contributed by atoms with van der Waals surface area (Å²) in [5.41, 5.74) is 1.43. The second kappa shape index (κ2) is 8.57. The molecule has 6 nitrogen and oxygen atoms in total. The fourth-order valence-corrected chi connectivity index (χ4v) is 1.82. The summed E-state index contributed by atoms with van der Waals surface area (Å²) < 4.78 is 5.31. The molecule has 2 aromatic rings. The maximum atomic E-state index is 10.3. The molecular formula is C13H19N3O3S. The summed E-state index contributed by atoms with van der Waals surface area (Å²) >= 11 is 1.08. The van der Waals surface area contributed by atoms with E-state index in [4.69, 9.17) is 15.4 Å². The van der Waals surface area contributed by atoms with E-state index in [1.54, 1.807) is 11.1 Å². The Balaban J connectivity index is 0.000000286. The van der Waals surface area contributed by atoms with Crippen LogP contribution in [0.25, 0.3) is 11.1 Å². The van der Waals surface area contributed by atoms with Crippen LogP contribution in [0.5, 0.6) is 0 Å². The minimum atomic E-state index is -0.878. The van der Waals surface area contributed by atoms with Gasteiger partial charge in [-0.1, -0.05) is 37.7 Å². The van der Waals surface area contributed by atoms with E-state index in [-0.39, 0.29) is 5.75 Å². The molecule has 0 saturated heterocycles. The van der Waals surface area contributed by atoms with Gasteiger partial charge in [-0.3, -0.25) is 10.6 Å². The summed E-state index contributed by atoms with van der Waals surface area (Å²) in [6.45, 7) is 5.94. The predicted molar refractivity (Wildman–Crippen MR) is 79.5 cm³/mol. The van der Waals surface area contributed by atoms with E-state index in [0.717, 1.165) is 30.4 Å². The van der Waals surface area contributed by atoms with Crippen LogP contribution >= 0.6 is 11.8 Å². The number of nitrogens with two attached hydrogens (primary N) is 1. The van der Waals surface area contributed by atoms with Gasteiger partial charge < -0.3 is 9.52 Å². The zero-order valence-corrected chi connectivity index (χ0v) is 12.4. The number of carbonyl (C=O) groups is 1. The highest BCUT2D eigenvalue weighted by Crippen LogP contribution is 2.22. The molecule has 1 aromatic heterocycles. The molecule has 0 fully saturated rings. The highest BCUT2D eigenvalue weighted by molar-refractivity contribution is 7.99. The number of carboxylic acid groups (broad SMARTS) is 1. The number of hydrogen-bond acceptors (Lipinski definition) is 6. The van der Waals surface area contributed by atoms with Crippen molar-refractivity contribution < 1.29 is 14.3 Å². The molecule has 0 aliphatic carbocycles. The van der Waals surface area contributed by atoms with Gasteiger partial charge in [-0.25, -0.2) is 9.99 Å². The molecule has 0 saturated carbocycles. The molecule has 0 spiro atoms. The van der Waals surface area contributed by atoms with Crippen molar-refractivity contribution in [2.75, 3.05) is 18.8 Å². The van der Waals surface area contributed by atoms with E-state index < -0.39 is 5.97 Å². The number of oxazole rings is 1. The summed E-state index contributed by atoms with van der Waals surface area (Å²) in [7, 11) is 0. The normalized spacial score (nSPS) is 10.4. The Kier molecular flexibility index (Phi) is 7.06. The van der Waals surface area contributed by atoms with Crippen LogP contribution in [0, 0.1) is 0 Å². The van der Waals surface area contributed by atoms with Crippen molar-refractivity contribution in [3.05, 3.63) is 24.3 Å². The minimum Gasteiger partial charge on any atom is -0.481 e. The molecular weight excluding hydrogens is 278 g/mol. The molecule has 0 atom stereocenters. The van der Waals surface area contributed by atoms with Gasteiger partial charge in [0.25, 0.3) is 5.22 Å². The Hall–Kier alpha value is -1.57. The molecule has 3 N–H and O–H groups in total. The van der Waals surface area contributed by atoms with Crippen molar-refractivity contribution in [2.24, 2.45) is 5.84 Å². The fourth-order valence-electron chi connectivity index (χ4n) is 1.26. The Bertz CT molecular complexity index is 507. The lowest BCUT2D eigenvalue weighted by Crippen LogP contribution is -2.29. The first-order valence-corrected chi connectivity index (χ1v) is 7.25. The van der Waals surface area contributed by atoms with E-state index in [0.29, 0.717) is 10.8 Å². The molecule has 0 radical (unpaired) electrons. The number of aromatic nitrogens is 1. The largest absolute Gasteiger partial charge is 0.481 e. The number of fused-ring (bicyclic) bond motifs is 1. The van der Waals surface area contributed by atoms with Crippen LogP contribution in [0.1, 0.15) is 13.8 Å². The van der Waals surface area contributed by atoms with Crippen LogP contribution in [0.2, 0.25) is 0 Å². The van der Waals surface area contributed by atoms with Gasteiger partial charge in [-0.2, -0.15) is 0 Å². The fraction of sp³-hybridized carbons (Fsp3) is 0.385. The first kappa shape index (κ1) is 16.5. The van der Waals surface area contributed by atoms with Crippen LogP contribution in [-0.4, -0.2) is 39.9 Å². The van der Waals surface area contributed by atoms with Gasteiger partial charge in [-0.15, -0.1) is 0 Å². The number of carboxylic acids is 1. The lowest BCUT2D eigenvalue weighted by molar-refractivity contribution is -0.133. The van der Waals surface area contributed by atoms with Gasteiger partial charge in [0.05, 0.1) is 0 Å². The van der Waals surface area contributed by atoms with Gasteiger partial charge in [-0.05, 0) is 12.1 Å². The first-order valence-electron chi connectivity index (χ1n) is 6.26. The van der Waals surface area contributed by atoms with Gasteiger partial charge in [0, 0.05) is 13.1 Å². The van der Waals surface area contributed by atoms with Gasteiger partial charge in [0.2, 0.25) is 0 Å². The van der Waals surface area contributed by atoms with E-state index in [1.165, 1.54) is 0 Å². The van der Waals surface area contributed by atoms with Crippen molar-refractivity contribution >= 4 is 28.8 Å². The molecule has 1 heterocycles. The molecule has 20 heavy (non-hydrogen) atoms. The van der Waals surface area contributed by atoms with Crippen LogP contribution in [0.3, 0.4) is 0 Å². The third kappa shape index (κ3) is 5.60. The quantitative estimate of drug-likeness (QED) is 0.496. The third-order valence-corrected chi connectivity index (χ3v) is 3.22. The molecule has 0 aliphatic rings. The Morgan fingerprint density at radius 2 is 2.05 bits per heavy atom. The standard InChI is InChI=1S/C9H7NO3S.C4H12N2/c11-8(12)5-14-9-10-6-3-1-2-4-7(6)13-9;1-3-6(5)4-2/h1-4H,5H2,(H,11,12);3-5H2,1-2H3. The highest BCUT2D eigenvalue weighted by atomic mass is 32.2. The zero-order valence-electron chi connectivity index (χ0n) is 11.6. The summed E-state index contributed by atoms with van der Waals surface area (Å²) in [5, 5.41) is 10.6. The summed E-state index contributed by atoms with van der Waals surface area (Å²) in [6.07, 6.45) is 0. The number of thioether (sulfide) groups is 1. The predicted octanol–water partition coefficient (Wildman–Crippen LogP) is 2.21. The Labute approximate surface area is 121 Å². The number of benzene rings is 1. The summed E-state index contributed by atoms with van der Waals surface area (Å²) in [5.74, 6) is 4.39. The maximum absolute atomic E-state index is 10.3. The van der Waals surface area contributed by atoms with Crippen LogP contribution in [0.15, 0.2) is 33.9 Å². The average molecular weight is 297 g/mol. The van der Waals surface area contributed by atoms with Crippen molar-refractivity contribution in [2.45, 2.75) is 19.1 Å². The van der Waals surface area contributed by atoms with Crippen LogP contribution < -0.4 is 5.84 Å². The second-order valence-electron chi connectivity index (χ2n) is 3.85. The number of nitrogens with zero attached hydrogens (tertiary/aromatic N) is 2. The van der Waals surface area contributed by atoms with Gasteiger partial charge in [0.1, 0.15) is 11.3 Å². The first-order chi connectivity index (χ1) is 9.56. The summed E-state index contributed by atoms with van der Waals surface area (Å²) in [6, 6.07) is 7.33. The average Bonchev–Trinajstić information content (AvgIpc) is 2.87. The SMILES string of the molecule is CCN(N)CC.O=C(O)CSc1nc2ccccc2o1. The topological polar surface area (TPSA) is 92.6 Å². The molecule has 2 rings (SSSR count). The maximum Gasteiger partial charge on any atom is 0.314 e. The smallest absolute Gasteiger partial charge is 0.314 e. The Morgan fingerprint density at radius 1 is 1.40 bits per heavy atom. The number of aliphatic carboxylic acids is 1. The number of rotatable bonds is 5. The zero-order chi connectivity index (χ0) is 15.0. The van der Waals surface area contributed by atoms with E-state index in [9.17, 15) is 4.79 Å². The van der Waals surface area contributed by atoms with Gasteiger partial charge >= 0.3 is 5.97 Å². The van der Waals surface area contributed by atoms with Crippen molar-refractivity contribution in [3.8, 4) is 0 Å². The summed E-state index contributed by atoms with van der Waals surface area (Å²) in [4.78, 5) is 14.4. The van der Waals surface area contributed by atoms with Crippen LogP contribution in [-0.2, 0) is 4.79 Å². The van der Waals surface area contributed by atoms with Crippen molar-refractivity contribution in [1.82, 2.24) is 9.99 Å². The minimum absolute atomic E-state index is 0.0349. The van der Waals surface area contributed by atoms with E-state index in [1.807, 2.05) is 32.0 Å². The molecule has 110 valence electrons. The molecule has 0 unspecified atom stereocenters. The Morgan fingerprint density at radius 3 is 2.55 bits per heavy atom. The van der Waals surface area contributed by atoms with Crippen LogP contribution in [0.4, 0.5) is 0 Å². The van der Waals surface area contributed by atoms with Crippen molar-refractivity contribution in [3.63, 3.8) is 0 Å². The molecule has 1 aromatic carbocycles. The number of para-hydroxylation sites is 2. The monoisotopic (exact) mass is 297 g/mol. The van der Waals surface area contributed by atoms with Crippen molar-refractivity contribution in [1.29, 1.82) is 0 Å². The number of hydrazine groups is 1. The molecule has 7 heteroatoms. The highest BCUT2D eigenvalue weighted by Gasteiger charge is 2.07. The lowest BCUT2D eigenvalue weighted by atomic mass is 10.3. The molecule has 0 amide bonds. The molecule has 0 aliphatic heterocycles. The lowest BCUT2D eigenvalue weighted by Gasteiger charge is -2.07. The second-order valence-corrected chi connectivity index (χ2v) is 4.78. The molecule has 0 bridgehead atoms. The van der Waals surface area contributed by atoms with Gasteiger partial charge in [0.15, 0.2) is 5.58 Å². The van der Waals surface area contributed by atoms with E-state index in [2.05, 4.69) is 4.98 Å². The van der Waals surface area contributed by atoms with E-state index >= 15 is 0 Å².